The Kier molecular flexibility index (Phi) is 7.11. The van der Waals surface area contributed by atoms with Crippen LogP contribution in [0.15, 0.2) is 48.7 Å². The van der Waals surface area contributed by atoms with Gasteiger partial charge in [-0.05, 0) is 49.2 Å². The van der Waals surface area contributed by atoms with Gasteiger partial charge in [0.2, 0.25) is 0 Å². The van der Waals surface area contributed by atoms with Crippen LogP contribution in [0.2, 0.25) is 10.0 Å². The van der Waals surface area contributed by atoms with Crippen molar-refractivity contribution in [2.75, 3.05) is 24.1 Å². The number of carbonyl (C=O) groups is 1. The lowest BCUT2D eigenvalue weighted by Gasteiger charge is -2.19. The number of carbonyl (C=O) groups excluding carboxylic acids is 1. The number of nitrogens with one attached hydrogen (secondary N) is 1. The van der Waals surface area contributed by atoms with Crippen LogP contribution >= 0.6 is 23.2 Å². The summed E-state index contributed by atoms with van der Waals surface area (Å²) in [4.78, 5) is 18.3. The molecular formula is C24H24Cl2FN5O2. The summed E-state index contributed by atoms with van der Waals surface area (Å²) >= 11 is 12.3. The number of aromatic nitrogens is 1. The number of nitrogens with zero attached hydrogens (tertiary/aromatic N) is 2. The Morgan fingerprint density at radius 3 is 2.65 bits per heavy atom. The molecule has 3 aromatic rings. The van der Waals surface area contributed by atoms with Gasteiger partial charge in [0.05, 0.1) is 5.02 Å². The van der Waals surface area contributed by atoms with E-state index >= 15 is 0 Å². The van der Waals surface area contributed by atoms with E-state index in [1.54, 1.807) is 36.2 Å². The number of anilines is 2. The third-order valence-corrected chi connectivity index (χ3v) is 6.37. The maximum atomic E-state index is 13.9. The fourth-order valence-electron chi connectivity index (χ4n) is 3.79. The number of hydrogen-bond donors (Lipinski definition) is 3. The fraction of sp³-hybridized carbons (Fsp3) is 0.250. The van der Waals surface area contributed by atoms with E-state index < -0.39 is 11.9 Å². The topological polar surface area (TPSA) is 106 Å². The monoisotopic (exact) mass is 503 g/mol. The molecule has 2 heterocycles. The number of urea groups is 1. The fourth-order valence-corrected chi connectivity index (χ4v) is 4.47. The molecule has 0 saturated carbocycles. The molecule has 0 radical (unpaired) electrons. The van der Waals surface area contributed by atoms with Crippen molar-refractivity contribution in [1.82, 2.24) is 9.88 Å². The van der Waals surface area contributed by atoms with Crippen LogP contribution in [-0.4, -0.2) is 35.0 Å². The summed E-state index contributed by atoms with van der Waals surface area (Å²) in [6, 6.07) is 11.5. The highest BCUT2D eigenvalue weighted by molar-refractivity contribution is 6.36. The van der Waals surface area contributed by atoms with Crippen molar-refractivity contribution >= 4 is 40.7 Å². The van der Waals surface area contributed by atoms with Crippen LogP contribution < -0.4 is 21.5 Å². The molecule has 5 N–H and O–H groups in total. The van der Waals surface area contributed by atoms with Gasteiger partial charge in [0, 0.05) is 47.2 Å². The van der Waals surface area contributed by atoms with Crippen molar-refractivity contribution in [2.45, 2.75) is 25.5 Å². The number of pyridine rings is 1. The molecule has 2 atom stereocenters. The van der Waals surface area contributed by atoms with E-state index in [-0.39, 0.29) is 27.9 Å². The van der Waals surface area contributed by atoms with Gasteiger partial charge in [0.15, 0.2) is 11.6 Å². The zero-order chi connectivity index (χ0) is 24.4. The zero-order valence-corrected chi connectivity index (χ0v) is 19.9. The van der Waals surface area contributed by atoms with Crippen LogP contribution in [0.1, 0.15) is 25.0 Å². The lowest BCUT2D eigenvalue weighted by atomic mass is 10.1. The lowest BCUT2D eigenvalue weighted by molar-refractivity contribution is 0.222. The molecule has 178 valence electrons. The first-order chi connectivity index (χ1) is 16.2. The summed E-state index contributed by atoms with van der Waals surface area (Å²) in [5.74, 6) is -0.104. The maximum Gasteiger partial charge on any atom is 0.321 e. The van der Waals surface area contributed by atoms with Gasteiger partial charge in [-0.1, -0.05) is 35.3 Å². The Morgan fingerprint density at radius 2 is 1.97 bits per heavy atom. The van der Waals surface area contributed by atoms with Gasteiger partial charge < -0.3 is 26.4 Å². The number of rotatable bonds is 5. The number of ether oxygens (including phenoxy) is 1. The Morgan fingerprint density at radius 1 is 1.24 bits per heavy atom. The summed E-state index contributed by atoms with van der Waals surface area (Å²) in [5, 5.41) is 3.06. The molecule has 34 heavy (non-hydrogen) atoms. The van der Waals surface area contributed by atoms with Crippen molar-refractivity contribution in [1.29, 1.82) is 0 Å². The van der Waals surface area contributed by atoms with E-state index in [1.807, 2.05) is 12.1 Å². The largest absolute Gasteiger partial charge is 0.482 e. The SMILES string of the molecule is C[C@H](Oc1cc(-c2ccc(NC(=O)N3CCC(N)C3)cc2)cnc1N)c1c(Cl)ccc(F)c1Cl. The Labute approximate surface area is 206 Å². The molecule has 1 aromatic heterocycles. The lowest BCUT2D eigenvalue weighted by Crippen LogP contribution is -2.35. The number of nitrogens with two attached hydrogens (primary N) is 2. The summed E-state index contributed by atoms with van der Waals surface area (Å²) in [5.41, 5.74) is 14.5. The average Bonchev–Trinajstić information content (AvgIpc) is 3.25. The predicted octanol–water partition coefficient (Wildman–Crippen LogP) is 5.48. The standard InChI is InChI=1S/C24H24Cl2FN5O2/c1-13(21-18(25)6-7-19(27)22(21)26)34-20-10-15(11-30-23(20)29)14-2-4-17(5-3-14)31-24(33)32-9-8-16(28)12-32/h2-7,10-11,13,16H,8-9,12,28H2,1H3,(H2,29,30)(H,31,33)/t13-,16?/m0/s1. The maximum absolute atomic E-state index is 13.9. The highest BCUT2D eigenvalue weighted by Crippen LogP contribution is 2.37. The highest BCUT2D eigenvalue weighted by atomic mass is 35.5. The number of likely N-dealkylation sites (tertiary alicyclic amines) is 1. The minimum Gasteiger partial charge on any atom is -0.482 e. The zero-order valence-electron chi connectivity index (χ0n) is 18.4. The highest BCUT2D eigenvalue weighted by Gasteiger charge is 2.23. The van der Waals surface area contributed by atoms with E-state index in [0.29, 0.717) is 30.1 Å². The number of amides is 2. The smallest absolute Gasteiger partial charge is 0.321 e. The second kappa shape index (κ2) is 10.0. The van der Waals surface area contributed by atoms with Crippen molar-refractivity contribution in [3.05, 3.63) is 70.1 Å². The molecule has 0 aliphatic carbocycles. The van der Waals surface area contributed by atoms with Crippen molar-refractivity contribution in [2.24, 2.45) is 5.73 Å². The van der Waals surface area contributed by atoms with Gasteiger partial charge >= 0.3 is 6.03 Å². The van der Waals surface area contributed by atoms with Gasteiger partial charge in [0.25, 0.3) is 0 Å². The Hall–Kier alpha value is -3.07. The molecule has 0 spiro atoms. The molecule has 10 heteroatoms. The molecule has 0 bridgehead atoms. The van der Waals surface area contributed by atoms with Crippen molar-refractivity contribution in [3.8, 4) is 16.9 Å². The van der Waals surface area contributed by atoms with Crippen LogP contribution in [0.3, 0.4) is 0 Å². The minimum atomic E-state index is -0.675. The molecule has 1 unspecified atom stereocenters. The number of nitrogen functional groups attached to an aromatic ring is 1. The first kappa shape index (κ1) is 24.1. The molecule has 1 fully saturated rings. The van der Waals surface area contributed by atoms with E-state index in [1.165, 1.54) is 12.1 Å². The number of benzene rings is 2. The summed E-state index contributed by atoms with van der Waals surface area (Å²) in [6.07, 6.45) is 1.75. The molecule has 1 aliphatic heterocycles. The van der Waals surface area contributed by atoms with Gasteiger partial charge in [-0.3, -0.25) is 0 Å². The minimum absolute atomic E-state index is 0.0261. The molecule has 2 aromatic carbocycles. The first-order valence-electron chi connectivity index (χ1n) is 10.7. The van der Waals surface area contributed by atoms with Gasteiger partial charge in [0.1, 0.15) is 11.9 Å². The first-order valence-corrected chi connectivity index (χ1v) is 11.5. The van der Waals surface area contributed by atoms with Crippen LogP contribution in [0.4, 0.5) is 20.7 Å². The second-order valence-electron chi connectivity index (χ2n) is 8.13. The van der Waals surface area contributed by atoms with E-state index in [2.05, 4.69) is 10.3 Å². The quantitative estimate of drug-likeness (QED) is 0.399. The van der Waals surface area contributed by atoms with Crippen molar-refractivity contribution in [3.63, 3.8) is 0 Å². The molecular weight excluding hydrogens is 480 g/mol. The molecule has 2 amide bonds. The van der Waals surface area contributed by atoms with Crippen LogP contribution in [0, 0.1) is 5.82 Å². The average molecular weight is 504 g/mol. The predicted molar refractivity (Wildman–Crippen MR) is 133 cm³/mol. The van der Waals surface area contributed by atoms with Gasteiger partial charge in [-0.2, -0.15) is 0 Å². The Balaban J connectivity index is 1.50. The molecule has 1 saturated heterocycles. The van der Waals surface area contributed by atoms with E-state index in [9.17, 15) is 9.18 Å². The van der Waals surface area contributed by atoms with Crippen LogP contribution in [0.25, 0.3) is 11.1 Å². The summed E-state index contributed by atoms with van der Waals surface area (Å²) in [7, 11) is 0. The Bertz CT molecular complexity index is 1210. The third kappa shape index (κ3) is 5.19. The molecule has 1 aliphatic rings. The van der Waals surface area contributed by atoms with Gasteiger partial charge in [-0.25, -0.2) is 14.2 Å². The third-order valence-electron chi connectivity index (χ3n) is 5.65. The normalized spacial score (nSPS) is 16.4. The van der Waals surface area contributed by atoms with Crippen molar-refractivity contribution < 1.29 is 13.9 Å². The van der Waals surface area contributed by atoms with Crippen LogP contribution in [0.5, 0.6) is 5.75 Å². The van der Waals surface area contributed by atoms with Crippen LogP contribution in [-0.2, 0) is 0 Å². The number of hydrogen-bond acceptors (Lipinski definition) is 5. The molecule has 4 rings (SSSR count). The van der Waals surface area contributed by atoms with E-state index in [0.717, 1.165) is 17.5 Å². The van der Waals surface area contributed by atoms with E-state index in [4.69, 9.17) is 39.4 Å². The summed E-state index contributed by atoms with van der Waals surface area (Å²) in [6.45, 7) is 2.90. The summed E-state index contributed by atoms with van der Waals surface area (Å²) < 4.78 is 19.9. The number of halogens is 3. The van der Waals surface area contributed by atoms with Gasteiger partial charge in [-0.15, -0.1) is 0 Å². The molecule has 7 nitrogen and oxygen atoms in total. The second-order valence-corrected chi connectivity index (χ2v) is 8.91.